The minimum atomic E-state index is -0.316. The molecule has 0 N–H and O–H groups in total. The quantitative estimate of drug-likeness (QED) is 0.798. The van der Waals surface area contributed by atoms with Gasteiger partial charge in [0.15, 0.2) is 5.15 Å². The number of nitrogens with zero attached hydrogens (tertiary/aromatic N) is 3. The van der Waals surface area contributed by atoms with Crippen molar-refractivity contribution in [2.24, 2.45) is 0 Å². The van der Waals surface area contributed by atoms with Crippen molar-refractivity contribution < 1.29 is 4.52 Å². The molecule has 0 unspecified atom stereocenters. The van der Waals surface area contributed by atoms with Gasteiger partial charge in [0.25, 0.3) is 5.56 Å². The summed E-state index contributed by atoms with van der Waals surface area (Å²) in [7, 11) is 0. The molecule has 0 aliphatic heterocycles. The van der Waals surface area contributed by atoms with Crippen LogP contribution >= 0.6 is 11.6 Å². The molecule has 0 amide bonds. The zero-order valence-corrected chi connectivity index (χ0v) is 9.65. The Labute approximate surface area is 96.7 Å². The van der Waals surface area contributed by atoms with E-state index in [0.29, 0.717) is 12.3 Å². The third-order valence-corrected chi connectivity index (χ3v) is 2.64. The van der Waals surface area contributed by atoms with Gasteiger partial charge in [0.05, 0.1) is 12.2 Å². The third kappa shape index (κ3) is 1.86. The van der Waals surface area contributed by atoms with Crippen molar-refractivity contribution in [3.8, 4) is 0 Å². The normalized spacial score (nSPS) is 10.7. The number of hydrogen-bond acceptors (Lipinski definition) is 4. The molecule has 0 radical (unpaired) electrons. The van der Waals surface area contributed by atoms with Gasteiger partial charge in [0.1, 0.15) is 5.76 Å². The van der Waals surface area contributed by atoms with E-state index in [1.807, 2.05) is 13.8 Å². The van der Waals surface area contributed by atoms with E-state index in [4.69, 9.17) is 16.1 Å². The van der Waals surface area contributed by atoms with Crippen LogP contribution < -0.4 is 5.56 Å². The van der Waals surface area contributed by atoms with Gasteiger partial charge in [-0.2, -0.15) is 0 Å². The molecule has 0 fully saturated rings. The molecule has 16 heavy (non-hydrogen) atoms. The summed E-state index contributed by atoms with van der Waals surface area (Å²) >= 11 is 5.65. The molecule has 0 saturated carbocycles. The Kier molecular flexibility index (Phi) is 2.78. The van der Waals surface area contributed by atoms with E-state index in [1.54, 1.807) is 6.20 Å². The molecule has 0 aromatic carbocycles. The predicted molar refractivity (Wildman–Crippen MR) is 58.6 cm³/mol. The number of hydrogen-bond donors (Lipinski definition) is 0. The Hall–Kier alpha value is -1.62. The number of halogens is 1. The first-order chi connectivity index (χ1) is 7.59. The predicted octanol–water partition coefficient (Wildman–Crippen LogP) is 1.55. The molecular formula is C10H10ClN3O2. The van der Waals surface area contributed by atoms with Crippen LogP contribution in [0.1, 0.15) is 17.0 Å². The average Bonchev–Trinajstić information content (AvgIpc) is 2.56. The van der Waals surface area contributed by atoms with Crippen LogP contribution in [0.4, 0.5) is 0 Å². The van der Waals surface area contributed by atoms with E-state index in [2.05, 4.69) is 10.1 Å². The lowest BCUT2D eigenvalue weighted by Crippen LogP contribution is -2.21. The molecule has 0 aliphatic carbocycles. The smallest absolute Gasteiger partial charge is 0.288 e. The Balaban J connectivity index is 2.42. The monoisotopic (exact) mass is 239 g/mol. The third-order valence-electron chi connectivity index (χ3n) is 2.38. The van der Waals surface area contributed by atoms with E-state index < -0.39 is 0 Å². The van der Waals surface area contributed by atoms with Crippen LogP contribution in [-0.2, 0) is 6.54 Å². The fraction of sp³-hybridized carbons (Fsp3) is 0.300. The summed E-state index contributed by atoms with van der Waals surface area (Å²) in [6.07, 6.45) is 3.07. The van der Waals surface area contributed by atoms with Gasteiger partial charge in [-0.1, -0.05) is 16.8 Å². The summed E-state index contributed by atoms with van der Waals surface area (Å²) in [6.45, 7) is 4.03. The van der Waals surface area contributed by atoms with Crippen LogP contribution in [0.25, 0.3) is 0 Å². The lowest BCUT2D eigenvalue weighted by Gasteiger charge is -2.04. The zero-order chi connectivity index (χ0) is 11.7. The number of aryl methyl sites for hydroxylation is 2. The highest BCUT2D eigenvalue weighted by atomic mass is 35.5. The Morgan fingerprint density at radius 1 is 1.50 bits per heavy atom. The van der Waals surface area contributed by atoms with Crippen molar-refractivity contribution in [1.29, 1.82) is 0 Å². The topological polar surface area (TPSA) is 60.9 Å². The van der Waals surface area contributed by atoms with Gasteiger partial charge in [-0.3, -0.25) is 4.79 Å². The van der Waals surface area contributed by atoms with Gasteiger partial charge in [-0.25, -0.2) is 4.98 Å². The van der Waals surface area contributed by atoms with Gasteiger partial charge in [0.2, 0.25) is 0 Å². The second kappa shape index (κ2) is 4.09. The summed E-state index contributed by atoms with van der Waals surface area (Å²) in [5.74, 6) is 0.706. The molecular weight excluding hydrogens is 230 g/mol. The molecule has 2 heterocycles. The molecule has 84 valence electrons. The highest BCUT2D eigenvalue weighted by molar-refractivity contribution is 6.29. The highest BCUT2D eigenvalue weighted by Crippen LogP contribution is 2.13. The summed E-state index contributed by atoms with van der Waals surface area (Å²) in [6, 6.07) is 0. The van der Waals surface area contributed by atoms with E-state index in [1.165, 1.54) is 10.8 Å². The summed E-state index contributed by atoms with van der Waals surface area (Å²) < 4.78 is 6.50. The van der Waals surface area contributed by atoms with Crippen molar-refractivity contribution in [3.63, 3.8) is 0 Å². The first-order valence-corrected chi connectivity index (χ1v) is 5.10. The molecule has 0 spiro atoms. The molecule has 2 aromatic heterocycles. The second-order valence-electron chi connectivity index (χ2n) is 3.45. The summed E-state index contributed by atoms with van der Waals surface area (Å²) in [5, 5.41) is 3.79. The summed E-state index contributed by atoms with van der Waals surface area (Å²) in [5.41, 5.74) is 1.35. The SMILES string of the molecule is Cc1noc(C)c1Cn1ccnc(Cl)c1=O. The first kappa shape index (κ1) is 10.9. The standard InChI is InChI=1S/C10H10ClN3O2/c1-6-8(7(2)16-13-6)5-14-4-3-12-9(11)10(14)15/h3-4H,5H2,1-2H3. The molecule has 0 aliphatic rings. The van der Waals surface area contributed by atoms with E-state index in [9.17, 15) is 4.79 Å². The van der Waals surface area contributed by atoms with Crippen LogP contribution in [0, 0.1) is 13.8 Å². The minimum Gasteiger partial charge on any atom is -0.361 e. The largest absolute Gasteiger partial charge is 0.361 e. The van der Waals surface area contributed by atoms with Crippen molar-refractivity contribution in [1.82, 2.24) is 14.7 Å². The molecule has 5 nitrogen and oxygen atoms in total. The van der Waals surface area contributed by atoms with Crippen molar-refractivity contribution >= 4 is 11.6 Å². The maximum atomic E-state index is 11.6. The number of rotatable bonds is 2. The van der Waals surface area contributed by atoms with Crippen LogP contribution in [0.3, 0.4) is 0 Å². The van der Waals surface area contributed by atoms with Crippen molar-refractivity contribution in [2.75, 3.05) is 0 Å². The van der Waals surface area contributed by atoms with Gasteiger partial charge < -0.3 is 9.09 Å². The van der Waals surface area contributed by atoms with Crippen molar-refractivity contribution in [3.05, 3.63) is 44.9 Å². The highest BCUT2D eigenvalue weighted by Gasteiger charge is 2.11. The lowest BCUT2D eigenvalue weighted by atomic mass is 10.2. The van der Waals surface area contributed by atoms with Crippen LogP contribution in [-0.4, -0.2) is 14.7 Å². The molecule has 0 atom stereocenters. The fourth-order valence-electron chi connectivity index (χ4n) is 1.44. The van der Waals surface area contributed by atoms with Crippen LogP contribution in [0.5, 0.6) is 0 Å². The molecule has 2 rings (SSSR count). The Morgan fingerprint density at radius 2 is 2.25 bits per heavy atom. The summed E-state index contributed by atoms with van der Waals surface area (Å²) in [4.78, 5) is 15.3. The van der Waals surface area contributed by atoms with Gasteiger partial charge in [-0.15, -0.1) is 0 Å². The minimum absolute atomic E-state index is 0.0331. The van der Waals surface area contributed by atoms with E-state index in [-0.39, 0.29) is 10.7 Å². The van der Waals surface area contributed by atoms with E-state index in [0.717, 1.165) is 11.3 Å². The average molecular weight is 240 g/mol. The van der Waals surface area contributed by atoms with Crippen molar-refractivity contribution in [2.45, 2.75) is 20.4 Å². The zero-order valence-electron chi connectivity index (χ0n) is 8.90. The van der Waals surface area contributed by atoms with Crippen LogP contribution in [0.2, 0.25) is 5.15 Å². The number of aromatic nitrogens is 3. The molecule has 0 bridgehead atoms. The Bertz CT molecular complexity index is 554. The van der Waals surface area contributed by atoms with Gasteiger partial charge >= 0.3 is 0 Å². The lowest BCUT2D eigenvalue weighted by molar-refractivity contribution is 0.392. The van der Waals surface area contributed by atoms with Gasteiger partial charge in [0, 0.05) is 18.0 Å². The van der Waals surface area contributed by atoms with Gasteiger partial charge in [-0.05, 0) is 13.8 Å². The maximum absolute atomic E-state index is 11.6. The second-order valence-corrected chi connectivity index (χ2v) is 3.81. The first-order valence-electron chi connectivity index (χ1n) is 4.72. The molecule has 6 heteroatoms. The molecule has 0 saturated heterocycles. The van der Waals surface area contributed by atoms with Crippen LogP contribution in [0.15, 0.2) is 21.7 Å². The Morgan fingerprint density at radius 3 is 2.88 bits per heavy atom. The maximum Gasteiger partial charge on any atom is 0.288 e. The molecule has 2 aromatic rings. The fourth-order valence-corrected chi connectivity index (χ4v) is 1.61. The van der Waals surface area contributed by atoms with E-state index >= 15 is 0 Å².